The second-order valence-corrected chi connectivity index (χ2v) is 3.97. The van der Waals surface area contributed by atoms with Crippen LogP contribution in [-0.4, -0.2) is 15.5 Å². The third kappa shape index (κ3) is 2.10. The second kappa shape index (κ2) is 3.78. The normalized spacial score (nSPS) is 26.1. The maximum Gasteiger partial charge on any atom is 0.223 e. The molecule has 1 unspecified atom stereocenters. The predicted octanol–water partition coefficient (Wildman–Crippen LogP) is 2.39. The van der Waals surface area contributed by atoms with E-state index >= 15 is 0 Å². The summed E-state index contributed by atoms with van der Waals surface area (Å²) in [6.07, 6.45) is 11.3. The molecule has 0 radical (unpaired) electrons. The van der Waals surface area contributed by atoms with Gasteiger partial charge in [-0.2, -0.15) is 0 Å². The number of hydrogen-bond donors (Lipinski definition) is 1. The number of hydrogen-bond acceptors (Lipinski definition) is 3. The Kier molecular flexibility index (Phi) is 2.48. The fourth-order valence-electron chi connectivity index (χ4n) is 1.71. The molecule has 0 fully saturated rings. The Balaban J connectivity index is 2.07. The Hall–Kier alpha value is -1.38. The average molecular weight is 189 g/mol. The van der Waals surface area contributed by atoms with Crippen molar-refractivity contribution in [3.05, 3.63) is 30.6 Å². The van der Waals surface area contributed by atoms with Crippen molar-refractivity contribution in [3.63, 3.8) is 0 Å². The van der Waals surface area contributed by atoms with Crippen LogP contribution in [0.2, 0.25) is 0 Å². The molecule has 0 spiro atoms. The number of aromatic nitrogens is 2. The van der Waals surface area contributed by atoms with Gasteiger partial charge in [0.25, 0.3) is 0 Å². The van der Waals surface area contributed by atoms with Crippen LogP contribution in [0.5, 0.6) is 0 Å². The summed E-state index contributed by atoms with van der Waals surface area (Å²) in [5, 5.41) is 3.38. The number of nitrogens with zero attached hydrogens (tertiary/aromatic N) is 2. The quantitative estimate of drug-likeness (QED) is 0.726. The van der Waals surface area contributed by atoms with Gasteiger partial charge in [-0.3, -0.25) is 0 Å². The minimum atomic E-state index is 0.121. The molecular formula is C11H15N3. The van der Waals surface area contributed by atoms with E-state index < -0.39 is 0 Å². The lowest BCUT2D eigenvalue weighted by atomic mass is 9.88. The van der Waals surface area contributed by atoms with Gasteiger partial charge in [-0.1, -0.05) is 12.2 Å². The maximum atomic E-state index is 4.17. The van der Waals surface area contributed by atoms with Gasteiger partial charge in [-0.05, 0) is 32.3 Å². The Bertz CT molecular complexity index is 321. The summed E-state index contributed by atoms with van der Waals surface area (Å²) < 4.78 is 0. The molecule has 0 bridgehead atoms. The Labute approximate surface area is 84.3 Å². The van der Waals surface area contributed by atoms with Crippen LogP contribution in [0.1, 0.15) is 26.2 Å². The summed E-state index contributed by atoms with van der Waals surface area (Å²) in [7, 11) is 0. The molecule has 1 N–H and O–H groups in total. The highest BCUT2D eigenvalue weighted by molar-refractivity contribution is 5.29. The van der Waals surface area contributed by atoms with Crippen LogP contribution in [0.15, 0.2) is 30.6 Å². The van der Waals surface area contributed by atoms with E-state index in [2.05, 4.69) is 34.4 Å². The van der Waals surface area contributed by atoms with E-state index in [9.17, 15) is 0 Å². The number of allylic oxidation sites excluding steroid dienone is 1. The van der Waals surface area contributed by atoms with Crippen molar-refractivity contribution in [3.8, 4) is 0 Å². The SMILES string of the molecule is CC1(Nc2ncccn2)CC=CCC1. The van der Waals surface area contributed by atoms with Crippen LogP contribution in [-0.2, 0) is 0 Å². The summed E-state index contributed by atoms with van der Waals surface area (Å²) in [6.45, 7) is 2.22. The van der Waals surface area contributed by atoms with Crippen molar-refractivity contribution >= 4 is 5.95 Å². The zero-order chi connectivity index (χ0) is 9.86. The minimum absolute atomic E-state index is 0.121. The van der Waals surface area contributed by atoms with Crippen LogP contribution in [0, 0.1) is 0 Å². The molecule has 74 valence electrons. The van der Waals surface area contributed by atoms with Crippen LogP contribution in [0.4, 0.5) is 5.95 Å². The predicted molar refractivity (Wildman–Crippen MR) is 57.1 cm³/mol. The van der Waals surface area contributed by atoms with E-state index in [1.165, 1.54) is 0 Å². The van der Waals surface area contributed by atoms with Crippen LogP contribution in [0.25, 0.3) is 0 Å². The van der Waals surface area contributed by atoms with E-state index in [0.717, 1.165) is 25.2 Å². The molecule has 0 aromatic carbocycles. The second-order valence-electron chi connectivity index (χ2n) is 3.97. The van der Waals surface area contributed by atoms with Gasteiger partial charge < -0.3 is 5.32 Å². The van der Waals surface area contributed by atoms with Gasteiger partial charge >= 0.3 is 0 Å². The van der Waals surface area contributed by atoms with Crippen molar-refractivity contribution in [2.75, 3.05) is 5.32 Å². The molecule has 1 aromatic heterocycles. The topological polar surface area (TPSA) is 37.8 Å². The first kappa shape index (κ1) is 9.19. The van der Waals surface area contributed by atoms with Gasteiger partial charge in [0.1, 0.15) is 0 Å². The molecule has 1 atom stereocenters. The minimum Gasteiger partial charge on any atom is -0.349 e. The van der Waals surface area contributed by atoms with Gasteiger partial charge in [0.15, 0.2) is 0 Å². The lowest BCUT2D eigenvalue weighted by molar-refractivity contribution is 0.462. The molecule has 1 aliphatic carbocycles. The molecule has 14 heavy (non-hydrogen) atoms. The summed E-state index contributed by atoms with van der Waals surface area (Å²) in [5.74, 6) is 0.727. The molecule has 1 aliphatic rings. The summed E-state index contributed by atoms with van der Waals surface area (Å²) in [5.41, 5.74) is 0.121. The highest BCUT2D eigenvalue weighted by Gasteiger charge is 2.24. The Morgan fingerprint density at radius 2 is 2.07 bits per heavy atom. The summed E-state index contributed by atoms with van der Waals surface area (Å²) in [6, 6.07) is 1.83. The van der Waals surface area contributed by atoms with Gasteiger partial charge in [0, 0.05) is 17.9 Å². The molecule has 0 aliphatic heterocycles. The van der Waals surface area contributed by atoms with Gasteiger partial charge in [-0.25, -0.2) is 9.97 Å². The molecule has 0 saturated carbocycles. The monoisotopic (exact) mass is 189 g/mol. The highest BCUT2D eigenvalue weighted by atomic mass is 15.1. The van der Waals surface area contributed by atoms with Crippen molar-refractivity contribution in [2.24, 2.45) is 0 Å². The number of nitrogens with one attached hydrogen (secondary N) is 1. The molecular weight excluding hydrogens is 174 g/mol. The van der Waals surface area contributed by atoms with Crippen molar-refractivity contribution in [1.29, 1.82) is 0 Å². The van der Waals surface area contributed by atoms with Crippen molar-refractivity contribution < 1.29 is 0 Å². The van der Waals surface area contributed by atoms with E-state index in [1.807, 2.05) is 6.07 Å². The molecule has 2 rings (SSSR count). The zero-order valence-electron chi connectivity index (χ0n) is 8.40. The molecule has 3 heteroatoms. The van der Waals surface area contributed by atoms with Crippen LogP contribution >= 0.6 is 0 Å². The first-order valence-corrected chi connectivity index (χ1v) is 4.99. The third-order valence-corrected chi connectivity index (χ3v) is 2.58. The molecule has 3 nitrogen and oxygen atoms in total. The van der Waals surface area contributed by atoms with Crippen LogP contribution in [0.3, 0.4) is 0 Å². The van der Waals surface area contributed by atoms with Crippen molar-refractivity contribution in [2.45, 2.75) is 31.7 Å². The maximum absolute atomic E-state index is 4.17. The van der Waals surface area contributed by atoms with E-state index in [4.69, 9.17) is 0 Å². The fourth-order valence-corrected chi connectivity index (χ4v) is 1.71. The smallest absolute Gasteiger partial charge is 0.223 e. The van der Waals surface area contributed by atoms with E-state index in [1.54, 1.807) is 12.4 Å². The average Bonchev–Trinajstić information content (AvgIpc) is 2.19. The summed E-state index contributed by atoms with van der Waals surface area (Å²) >= 11 is 0. The Morgan fingerprint density at radius 3 is 2.71 bits per heavy atom. The molecule has 1 aromatic rings. The molecule has 0 saturated heterocycles. The summed E-state index contributed by atoms with van der Waals surface area (Å²) in [4.78, 5) is 8.34. The van der Waals surface area contributed by atoms with E-state index in [0.29, 0.717) is 0 Å². The zero-order valence-corrected chi connectivity index (χ0v) is 8.40. The molecule has 0 amide bonds. The van der Waals surface area contributed by atoms with Gasteiger partial charge in [0.2, 0.25) is 5.95 Å². The molecule has 1 heterocycles. The first-order chi connectivity index (χ1) is 6.79. The number of anilines is 1. The lowest BCUT2D eigenvalue weighted by Crippen LogP contribution is -2.36. The highest BCUT2D eigenvalue weighted by Crippen LogP contribution is 2.25. The van der Waals surface area contributed by atoms with Gasteiger partial charge in [-0.15, -0.1) is 0 Å². The Morgan fingerprint density at radius 1 is 1.29 bits per heavy atom. The van der Waals surface area contributed by atoms with Gasteiger partial charge in [0.05, 0.1) is 0 Å². The third-order valence-electron chi connectivity index (χ3n) is 2.58. The standard InChI is InChI=1S/C11H15N3/c1-11(6-3-2-4-7-11)14-10-12-8-5-9-13-10/h2-3,5,8-9H,4,6-7H2,1H3,(H,12,13,14). The first-order valence-electron chi connectivity index (χ1n) is 4.99. The fraction of sp³-hybridized carbons (Fsp3) is 0.455. The lowest BCUT2D eigenvalue weighted by Gasteiger charge is -2.31. The number of rotatable bonds is 2. The van der Waals surface area contributed by atoms with Crippen LogP contribution < -0.4 is 5.32 Å². The van der Waals surface area contributed by atoms with E-state index in [-0.39, 0.29) is 5.54 Å². The van der Waals surface area contributed by atoms with Crippen molar-refractivity contribution in [1.82, 2.24) is 9.97 Å². The largest absolute Gasteiger partial charge is 0.349 e.